The van der Waals surface area contributed by atoms with Crippen molar-refractivity contribution in [2.24, 2.45) is 0 Å². The van der Waals surface area contributed by atoms with Crippen LogP contribution in [0.15, 0.2) is 35.3 Å². The van der Waals surface area contributed by atoms with Crippen LogP contribution in [0.2, 0.25) is 0 Å². The first-order valence-electron chi connectivity index (χ1n) is 15.5. The zero-order valence-corrected chi connectivity index (χ0v) is 23.1. The fourth-order valence-electron chi connectivity index (χ4n) is 7.22. The Morgan fingerprint density at radius 1 is 1.21 bits per heavy atom. The minimum absolute atomic E-state index is 0.0323. The van der Waals surface area contributed by atoms with E-state index in [1.165, 1.54) is 23.2 Å². The molecule has 2 aromatic carbocycles. The molecule has 5 aliphatic heterocycles. The highest BCUT2D eigenvalue weighted by Crippen LogP contribution is 2.41. The van der Waals surface area contributed by atoms with Crippen LogP contribution in [-0.4, -0.2) is 86.3 Å². The molecule has 2 N–H and O–H groups in total. The predicted octanol–water partition coefficient (Wildman–Crippen LogP) is 3.21. The number of alkyl halides is 1. The van der Waals surface area contributed by atoms with Crippen LogP contribution < -0.4 is 20.5 Å². The van der Waals surface area contributed by atoms with Gasteiger partial charge in [-0.15, -0.1) is 0 Å². The molecule has 2 aromatic heterocycles. The van der Waals surface area contributed by atoms with E-state index in [1.54, 1.807) is 0 Å². The summed E-state index contributed by atoms with van der Waals surface area (Å²) in [5, 5.41) is 18.5. The van der Waals surface area contributed by atoms with Gasteiger partial charge in [-0.1, -0.05) is 6.07 Å². The van der Waals surface area contributed by atoms with Gasteiger partial charge in [0.15, 0.2) is 11.6 Å². The van der Waals surface area contributed by atoms with Gasteiger partial charge in [0.25, 0.3) is 5.56 Å². The van der Waals surface area contributed by atoms with Gasteiger partial charge in [0.05, 0.1) is 22.8 Å². The first-order valence-corrected chi connectivity index (χ1v) is 14.5. The number of rotatable bonds is 5. The van der Waals surface area contributed by atoms with E-state index in [1.807, 2.05) is 0 Å². The van der Waals surface area contributed by atoms with Gasteiger partial charge in [-0.25, -0.2) is 13.2 Å². The van der Waals surface area contributed by atoms with Gasteiger partial charge in [0, 0.05) is 52.3 Å². The standard InChI is InChI=1S/C30H30F3N7O3/c31-17-10-30(6-1-7-38(30)13-17)15-43-29-36-26-21(27(37-29)39-14-18-3-4-19(39)11-34-18)12-35-40(28(26)42)23-9-20(41)8-16-2-5-22(32)25(33)24(16)23/h2,5,8-9,12,17-19,34,41H,1,3-4,6-7,10-11,13-15H2/t17-,18?,19?,30+/m1/s1/i7D2. The zero-order valence-electron chi connectivity index (χ0n) is 25.1. The molecule has 7 heterocycles. The van der Waals surface area contributed by atoms with Crippen LogP contribution in [-0.2, 0) is 0 Å². The Balaban J connectivity index is 1.27. The SMILES string of the molecule is [2H]C1([2H])CC[C@@]2(COc3nc(N4CC5CCC4CN5)c4cnn(-c5cc(O)cc6ccc(F)c(F)c56)c(=O)c4n3)C[C@@H](F)CN12. The van der Waals surface area contributed by atoms with E-state index in [-0.39, 0.29) is 71.8 Å². The molecule has 5 fully saturated rings. The number of piperidine rings is 2. The molecule has 0 aliphatic carbocycles. The third-order valence-corrected chi connectivity index (χ3v) is 9.34. The number of piperazine rings is 1. The predicted molar refractivity (Wildman–Crippen MR) is 153 cm³/mol. The van der Waals surface area contributed by atoms with E-state index < -0.39 is 35.4 Å². The highest BCUT2D eigenvalue weighted by atomic mass is 19.2. The molecule has 0 amide bonds. The van der Waals surface area contributed by atoms with Gasteiger partial charge < -0.3 is 20.1 Å². The van der Waals surface area contributed by atoms with E-state index in [4.69, 9.17) is 12.5 Å². The number of aromatic nitrogens is 4. The minimum atomic E-state index is -1.67. The molecule has 5 saturated heterocycles. The maximum absolute atomic E-state index is 15.1. The highest BCUT2D eigenvalue weighted by Gasteiger charge is 2.49. The van der Waals surface area contributed by atoms with Crippen molar-refractivity contribution < 1.29 is 25.8 Å². The van der Waals surface area contributed by atoms with Gasteiger partial charge in [-0.2, -0.15) is 19.7 Å². The summed E-state index contributed by atoms with van der Waals surface area (Å²) in [5.41, 5.74) is -1.90. The second-order valence-corrected chi connectivity index (χ2v) is 11.9. The average Bonchev–Trinajstić information content (AvgIpc) is 3.49. The van der Waals surface area contributed by atoms with Crippen LogP contribution in [0.25, 0.3) is 27.4 Å². The van der Waals surface area contributed by atoms with Crippen molar-refractivity contribution in [3.8, 4) is 17.4 Å². The molecule has 13 heteroatoms. The van der Waals surface area contributed by atoms with Crippen molar-refractivity contribution >= 4 is 27.5 Å². The summed E-state index contributed by atoms with van der Waals surface area (Å²) in [6.45, 7) is -0.426. The Labute approximate surface area is 246 Å². The highest BCUT2D eigenvalue weighted by molar-refractivity contribution is 5.93. The molecule has 4 aromatic rings. The number of halogens is 3. The third-order valence-electron chi connectivity index (χ3n) is 9.34. The molecule has 0 saturated carbocycles. The van der Waals surface area contributed by atoms with Crippen LogP contribution in [0.4, 0.5) is 19.0 Å². The normalized spacial score (nSPS) is 28.8. The molecular weight excluding hydrogens is 563 g/mol. The smallest absolute Gasteiger partial charge is 0.319 e. The van der Waals surface area contributed by atoms with E-state index in [0.717, 1.165) is 36.2 Å². The number of benzene rings is 2. The summed E-state index contributed by atoms with van der Waals surface area (Å²) in [4.78, 5) is 26.9. The average molecular weight is 596 g/mol. The lowest BCUT2D eigenvalue weighted by molar-refractivity contribution is 0.107. The number of nitrogens with zero attached hydrogens (tertiary/aromatic N) is 6. The molecule has 5 aliphatic rings. The number of fused-ring (bicyclic) bond motifs is 6. The van der Waals surface area contributed by atoms with E-state index in [9.17, 15) is 18.7 Å². The fourth-order valence-corrected chi connectivity index (χ4v) is 7.22. The van der Waals surface area contributed by atoms with Gasteiger partial charge in [0.1, 0.15) is 29.9 Å². The maximum atomic E-state index is 15.1. The summed E-state index contributed by atoms with van der Waals surface area (Å²) < 4.78 is 67.7. The largest absolute Gasteiger partial charge is 0.508 e. The lowest BCUT2D eigenvalue weighted by atomic mass is 9.93. The number of aromatic hydroxyl groups is 1. The topological polar surface area (TPSA) is 109 Å². The van der Waals surface area contributed by atoms with Crippen LogP contribution in [0.1, 0.15) is 34.8 Å². The van der Waals surface area contributed by atoms with Gasteiger partial charge in [-0.05, 0) is 49.7 Å². The Morgan fingerprint density at radius 3 is 2.88 bits per heavy atom. The van der Waals surface area contributed by atoms with E-state index in [0.29, 0.717) is 24.2 Å². The molecule has 2 bridgehead atoms. The lowest BCUT2D eigenvalue weighted by Crippen LogP contribution is -2.61. The molecule has 224 valence electrons. The first kappa shape index (κ1) is 24.5. The minimum Gasteiger partial charge on any atom is -0.508 e. The van der Waals surface area contributed by atoms with Crippen molar-refractivity contribution in [2.75, 3.05) is 37.6 Å². The summed E-state index contributed by atoms with van der Waals surface area (Å²) in [7, 11) is 0. The summed E-state index contributed by atoms with van der Waals surface area (Å²) >= 11 is 0. The number of nitrogens with one attached hydrogen (secondary N) is 1. The third kappa shape index (κ3) is 4.23. The lowest BCUT2D eigenvalue weighted by Gasteiger charge is -2.46. The molecule has 4 atom stereocenters. The first-order chi connectivity index (χ1) is 21.5. The summed E-state index contributed by atoms with van der Waals surface area (Å²) in [6.07, 6.45) is 2.85. The van der Waals surface area contributed by atoms with Crippen LogP contribution >= 0.6 is 0 Å². The Kier molecular flexibility index (Phi) is 5.56. The Hall–Kier alpha value is -3.97. The summed E-state index contributed by atoms with van der Waals surface area (Å²) in [6, 6.07) is 4.81. The Bertz CT molecular complexity index is 1920. The van der Waals surface area contributed by atoms with Crippen molar-refractivity contribution in [1.29, 1.82) is 0 Å². The van der Waals surface area contributed by atoms with Gasteiger partial charge >= 0.3 is 6.01 Å². The molecule has 0 spiro atoms. The zero-order chi connectivity index (χ0) is 31.2. The fraction of sp³-hybridized carbons (Fsp3) is 0.467. The molecule has 43 heavy (non-hydrogen) atoms. The van der Waals surface area contributed by atoms with Crippen LogP contribution in [0, 0.1) is 11.6 Å². The maximum Gasteiger partial charge on any atom is 0.319 e. The Morgan fingerprint density at radius 2 is 2.09 bits per heavy atom. The van der Waals surface area contributed by atoms with Crippen molar-refractivity contribution in [2.45, 2.75) is 55.9 Å². The van der Waals surface area contributed by atoms with Gasteiger partial charge in [0.2, 0.25) is 0 Å². The quantitative estimate of drug-likeness (QED) is 0.360. The monoisotopic (exact) mass is 595 g/mol. The van der Waals surface area contributed by atoms with Crippen molar-refractivity contribution in [3.05, 3.63) is 52.5 Å². The van der Waals surface area contributed by atoms with Gasteiger partial charge in [-0.3, -0.25) is 9.69 Å². The second-order valence-electron chi connectivity index (χ2n) is 11.9. The van der Waals surface area contributed by atoms with E-state index in [2.05, 4.69) is 20.3 Å². The molecule has 2 unspecified atom stereocenters. The van der Waals surface area contributed by atoms with Crippen molar-refractivity contribution in [3.63, 3.8) is 0 Å². The second kappa shape index (κ2) is 9.78. The van der Waals surface area contributed by atoms with E-state index >= 15 is 4.39 Å². The van der Waals surface area contributed by atoms with Crippen molar-refractivity contribution in [1.82, 2.24) is 30.0 Å². The molecule has 9 rings (SSSR count). The molecular formula is C30H30F3N7O3. The number of hydrogen-bond acceptors (Lipinski definition) is 9. The molecule has 0 radical (unpaired) electrons. The molecule has 10 nitrogen and oxygen atoms in total. The number of anilines is 1. The number of hydrogen-bond donors (Lipinski definition) is 2. The van der Waals surface area contributed by atoms with Crippen LogP contribution in [0.3, 0.4) is 0 Å². The number of phenolic OH excluding ortho intramolecular Hbond substituents is 1. The summed E-state index contributed by atoms with van der Waals surface area (Å²) in [5.74, 6) is -2.15. The number of ether oxygens (including phenoxy) is 1. The van der Waals surface area contributed by atoms with Crippen LogP contribution in [0.5, 0.6) is 11.8 Å². The number of phenols is 1.